The maximum atomic E-state index is 14.0. The van der Waals surface area contributed by atoms with Crippen LogP contribution in [0.25, 0.3) is 22.0 Å². The molecule has 0 radical (unpaired) electrons. The van der Waals surface area contributed by atoms with Gasteiger partial charge in [0.05, 0.1) is 5.69 Å². The van der Waals surface area contributed by atoms with E-state index in [2.05, 4.69) is 20.4 Å². The predicted octanol–water partition coefficient (Wildman–Crippen LogP) is 5.88. The van der Waals surface area contributed by atoms with E-state index < -0.39 is 17.7 Å². The summed E-state index contributed by atoms with van der Waals surface area (Å²) < 4.78 is 40.5. The van der Waals surface area contributed by atoms with Crippen molar-refractivity contribution >= 4 is 40.7 Å². The van der Waals surface area contributed by atoms with E-state index in [0.29, 0.717) is 31.1 Å². The maximum absolute atomic E-state index is 14.0. The van der Waals surface area contributed by atoms with Crippen molar-refractivity contribution < 1.29 is 18.0 Å². The molecule has 2 amide bonds. The van der Waals surface area contributed by atoms with E-state index in [9.17, 15) is 18.0 Å². The largest absolute Gasteiger partial charge is 0.351 e. The lowest BCUT2D eigenvalue weighted by Crippen LogP contribution is -2.55. The minimum Gasteiger partial charge on any atom is -0.351 e. The summed E-state index contributed by atoms with van der Waals surface area (Å²) in [5, 5.41) is 13.3. The van der Waals surface area contributed by atoms with Crippen molar-refractivity contribution in [1.29, 1.82) is 0 Å². The number of nitrogens with zero attached hydrogens (tertiary/aromatic N) is 4. The zero-order chi connectivity index (χ0) is 24.5. The third-order valence-corrected chi connectivity index (χ3v) is 6.15. The van der Waals surface area contributed by atoms with E-state index in [1.54, 1.807) is 17.0 Å². The molecular weight excluding hydrogens is 491 g/mol. The number of halogens is 4. The molecule has 6 nitrogen and oxygen atoms in total. The first-order chi connectivity index (χ1) is 16.9. The zero-order valence-electron chi connectivity index (χ0n) is 19.3. The molecule has 5 rings (SSSR count). The van der Waals surface area contributed by atoms with Crippen molar-refractivity contribution in [1.82, 2.24) is 15.1 Å². The number of carbonyl (C=O) groups excluding carboxylic acids is 1. The number of amides is 2. The van der Waals surface area contributed by atoms with Crippen LogP contribution in [-0.4, -0.2) is 46.8 Å². The number of rotatable bonds is 3. The van der Waals surface area contributed by atoms with Gasteiger partial charge in [-0.1, -0.05) is 24.3 Å². The molecule has 1 atom stereocenters. The second-order valence-corrected chi connectivity index (χ2v) is 8.47. The van der Waals surface area contributed by atoms with Gasteiger partial charge in [0.25, 0.3) is 0 Å². The van der Waals surface area contributed by atoms with Crippen molar-refractivity contribution in [2.75, 3.05) is 29.9 Å². The van der Waals surface area contributed by atoms with Crippen molar-refractivity contribution in [3.8, 4) is 11.3 Å². The van der Waals surface area contributed by atoms with Gasteiger partial charge in [-0.15, -0.1) is 22.6 Å². The normalized spacial score (nSPS) is 15.5. The molecule has 1 N–H and O–H groups in total. The van der Waals surface area contributed by atoms with Gasteiger partial charge in [0, 0.05) is 48.1 Å². The zero-order valence-corrected chi connectivity index (χ0v) is 20.1. The standard InChI is InChI=1S/C26H22F3N5O.ClH/c1-16-15-33(12-13-34(16)26(35)30-23-11-10-19(28)14-22(23)29)25-21-5-3-2-4-20(21)24(31-32-25)17-6-8-18(27)9-7-17;/h2-11,14,16H,12-13,15H2,1H3,(H,30,35);1H/t16-;/m0./s1. The molecule has 2 heterocycles. The van der Waals surface area contributed by atoms with E-state index >= 15 is 0 Å². The Hall–Kier alpha value is -3.85. The molecule has 0 spiro atoms. The molecular formula is C26H23ClF3N5O. The average molecular weight is 514 g/mol. The third-order valence-electron chi connectivity index (χ3n) is 6.15. The number of carbonyl (C=O) groups is 1. The first-order valence-corrected chi connectivity index (χ1v) is 11.2. The lowest BCUT2D eigenvalue weighted by atomic mass is 10.0. The van der Waals surface area contributed by atoms with Gasteiger partial charge in [0.2, 0.25) is 0 Å². The van der Waals surface area contributed by atoms with E-state index in [0.717, 1.165) is 28.5 Å². The van der Waals surface area contributed by atoms with Crippen molar-refractivity contribution in [2.45, 2.75) is 13.0 Å². The summed E-state index contributed by atoms with van der Waals surface area (Å²) in [4.78, 5) is 16.5. The van der Waals surface area contributed by atoms with Gasteiger partial charge in [0.1, 0.15) is 23.1 Å². The van der Waals surface area contributed by atoms with Gasteiger partial charge in [-0.25, -0.2) is 18.0 Å². The van der Waals surface area contributed by atoms with Crippen LogP contribution in [-0.2, 0) is 0 Å². The Balaban J connectivity index is 0.00000304. The summed E-state index contributed by atoms with van der Waals surface area (Å²) in [6.45, 7) is 3.27. The number of hydrogen-bond donors (Lipinski definition) is 1. The molecule has 1 saturated heterocycles. The molecule has 0 unspecified atom stereocenters. The van der Waals surface area contributed by atoms with Gasteiger partial charge < -0.3 is 15.1 Å². The molecule has 36 heavy (non-hydrogen) atoms. The molecule has 1 aromatic heterocycles. The Labute approximate surface area is 212 Å². The summed E-state index contributed by atoms with van der Waals surface area (Å²) in [6.07, 6.45) is 0. The lowest BCUT2D eigenvalue weighted by Gasteiger charge is -2.40. The van der Waals surface area contributed by atoms with Crippen molar-refractivity contribution in [3.63, 3.8) is 0 Å². The molecule has 186 valence electrons. The topological polar surface area (TPSA) is 61.4 Å². The van der Waals surface area contributed by atoms with Crippen LogP contribution in [0.1, 0.15) is 6.92 Å². The van der Waals surface area contributed by atoms with Gasteiger partial charge in [-0.05, 0) is 43.3 Å². The van der Waals surface area contributed by atoms with E-state index in [4.69, 9.17) is 0 Å². The number of urea groups is 1. The summed E-state index contributed by atoms with van der Waals surface area (Å²) in [6, 6.07) is 16.3. The van der Waals surface area contributed by atoms with E-state index in [1.807, 2.05) is 31.2 Å². The number of anilines is 2. The Morgan fingerprint density at radius 2 is 1.61 bits per heavy atom. The monoisotopic (exact) mass is 513 g/mol. The highest BCUT2D eigenvalue weighted by Crippen LogP contribution is 2.32. The van der Waals surface area contributed by atoms with Crippen LogP contribution >= 0.6 is 12.4 Å². The highest BCUT2D eigenvalue weighted by Gasteiger charge is 2.30. The first kappa shape index (κ1) is 25.2. The molecule has 3 aromatic carbocycles. The molecule has 1 aliphatic heterocycles. The molecule has 0 saturated carbocycles. The number of nitrogens with one attached hydrogen (secondary N) is 1. The van der Waals surface area contributed by atoms with Crippen LogP contribution in [0.4, 0.5) is 29.5 Å². The quantitative estimate of drug-likeness (QED) is 0.372. The molecule has 10 heteroatoms. The number of aromatic nitrogens is 2. The van der Waals surface area contributed by atoms with Gasteiger partial charge in [-0.2, -0.15) is 0 Å². The summed E-state index contributed by atoms with van der Waals surface area (Å²) in [5.74, 6) is -1.16. The Morgan fingerprint density at radius 3 is 2.31 bits per heavy atom. The fraction of sp³-hybridized carbons (Fsp3) is 0.192. The lowest BCUT2D eigenvalue weighted by molar-refractivity contribution is 0.184. The smallest absolute Gasteiger partial charge is 0.322 e. The summed E-state index contributed by atoms with van der Waals surface area (Å²) >= 11 is 0. The number of piperazine rings is 1. The number of fused-ring (bicyclic) bond motifs is 1. The number of hydrogen-bond acceptors (Lipinski definition) is 4. The van der Waals surface area contributed by atoms with Crippen LogP contribution in [0.5, 0.6) is 0 Å². The summed E-state index contributed by atoms with van der Waals surface area (Å²) in [7, 11) is 0. The molecule has 0 bridgehead atoms. The van der Waals surface area contributed by atoms with Crippen molar-refractivity contribution in [3.05, 3.63) is 84.2 Å². The first-order valence-electron chi connectivity index (χ1n) is 11.2. The summed E-state index contributed by atoms with van der Waals surface area (Å²) in [5.41, 5.74) is 1.36. The predicted molar refractivity (Wildman–Crippen MR) is 136 cm³/mol. The second kappa shape index (κ2) is 10.4. The third kappa shape index (κ3) is 4.92. The van der Waals surface area contributed by atoms with Crippen LogP contribution in [0.15, 0.2) is 66.7 Å². The molecule has 4 aromatic rings. The molecule has 1 aliphatic rings. The second-order valence-electron chi connectivity index (χ2n) is 8.47. The average Bonchev–Trinajstić information content (AvgIpc) is 2.85. The molecule has 0 aliphatic carbocycles. The van der Waals surface area contributed by atoms with Gasteiger partial charge in [-0.3, -0.25) is 0 Å². The fourth-order valence-electron chi connectivity index (χ4n) is 4.37. The SMILES string of the molecule is C[C@H]1CN(c2nnc(-c3ccc(F)cc3)c3ccccc23)CCN1C(=O)Nc1ccc(F)cc1F.Cl. The van der Waals surface area contributed by atoms with Crippen molar-refractivity contribution in [2.24, 2.45) is 0 Å². The van der Waals surface area contributed by atoms with Crippen LogP contribution in [0, 0.1) is 17.5 Å². The van der Waals surface area contributed by atoms with Gasteiger partial charge >= 0.3 is 6.03 Å². The van der Waals surface area contributed by atoms with Gasteiger partial charge in [0.15, 0.2) is 5.82 Å². The van der Waals surface area contributed by atoms with Crippen LogP contribution in [0.2, 0.25) is 0 Å². The Bertz CT molecular complexity index is 1400. The minimum atomic E-state index is -0.826. The maximum Gasteiger partial charge on any atom is 0.322 e. The van der Waals surface area contributed by atoms with Crippen LogP contribution < -0.4 is 10.2 Å². The Morgan fingerprint density at radius 1 is 0.917 bits per heavy atom. The molecule has 1 fully saturated rings. The van der Waals surface area contributed by atoms with Crippen LogP contribution in [0.3, 0.4) is 0 Å². The fourth-order valence-corrected chi connectivity index (χ4v) is 4.37. The highest BCUT2D eigenvalue weighted by atomic mass is 35.5. The van der Waals surface area contributed by atoms with E-state index in [-0.39, 0.29) is 30.0 Å². The number of benzene rings is 3. The Kier molecular flexibility index (Phi) is 7.30. The highest BCUT2D eigenvalue weighted by molar-refractivity contribution is 6.00. The van der Waals surface area contributed by atoms with E-state index in [1.165, 1.54) is 18.2 Å². The minimum absolute atomic E-state index is 0.